The molecule has 0 atom stereocenters. The van der Waals surface area contributed by atoms with Crippen LogP contribution in [0.4, 0.5) is 28.4 Å². The highest BCUT2D eigenvalue weighted by Crippen LogP contribution is 2.38. The van der Waals surface area contributed by atoms with E-state index >= 15 is 0 Å². The van der Waals surface area contributed by atoms with Crippen LogP contribution in [0.25, 0.3) is 0 Å². The number of benzene rings is 7. The summed E-state index contributed by atoms with van der Waals surface area (Å²) in [5, 5.41) is 33.4. The number of aliphatic hydroxyl groups is 3. The number of fused-ring (bicyclic) bond motifs is 4. The zero-order valence-corrected chi connectivity index (χ0v) is 37.6. The zero-order chi connectivity index (χ0) is 45.3. The van der Waals surface area contributed by atoms with Crippen LogP contribution >= 0.6 is 31.9 Å². The standard InChI is InChI=1S/C30H26N2O4.C14H6Br2O2.C8H11NO/c33-17-15-19-7-11-21(12-8-19)31-25-5-1-3-23-27(25)30(36)28-24(29(23)35)4-2-6-26(28)32-22-13-9-20(10-14-22)16-18-34;15-9-5-1-3-7-11(9)14(18)12-8(13(7)17)4-2-6-10(12)16;9-8-3-1-7(2-4-8)5-6-10/h1-14,31-34H,15-18H2;1-6H;1-4,10H,5-6,9H2. The molecule has 7 aromatic rings. The maximum absolute atomic E-state index is 13.9. The van der Waals surface area contributed by atoms with E-state index in [0.717, 1.165) is 33.8 Å². The van der Waals surface area contributed by atoms with Gasteiger partial charge in [0.05, 0.1) is 22.5 Å². The predicted molar refractivity (Wildman–Crippen MR) is 258 cm³/mol. The van der Waals surface area contributed by atoms with E-state index in [9.17, 15) is 19.2 Å². The number of ketones is 4. The molecule has 322 valence electrons. The Bertz CT molecular complexity index is 2700. The van der Waals surface area contributed by atoms with E-state index in [-0.39, 0.29) is 43.0 Å². The minimum absolute atomic E-state index is 0.0815. The first-order valence-electron chi connectivity index (χ1n) is 20.4. The van der Waals surface area contributed by atoms with Gasteiger partial charge in [0.15, 0.2) is 23.1 Å². The van der Waals surface area contributed by atoms with Crippen molar-refractivity contribution in [3.63, 3.8) is 0 Å². The maximum atomic E-state index is 13.9. The van der Waals surface area contributed by atoms with Crippen molar-refractivity contribution >= 4 is 83.4 Å². The number of halogens is 2. The van der Waals surface area contributed by atoms with Gasteiger partial charge in [-0.2, -0.15) is 0 Å². The van der Waals surface area contributed by atoms with Crippen molar-refractivity contribution in [1.29, 1.82) is 0 Å². The minimum Gasteiger partial charge on any atom is -0.399 e. The van der Waals surface area contributed by atoms with Crippen LogP contribution in [0.5, 0.6) is 0 Å². The second-order valence-corrected chi connectivity index (χ2v) is 16.6. The molecule has 10 nitrogen and oxygen atoms in total. The first-order valence-corrected chi connectivity index (χ1v) is 22.0. The van der Waals surface area contributed by atoms with Crippen molar-refractivity contribution in [3.8, 4) is 0 Å². The number of nitrogens with two attached hydrogens (primary N) is 1. The molecule has 12 heteroatoms. The summed E-state index contributed by atoms with van der Waals surface area (Å²) in [6, 6.07) is 43.7. The fourth-order valence-electron chi connectivity index (χ4n) is 7.50. The normalized spacial score (nSPS) is 12.1. The fourth-order valence-corrected chi connectivity index (χ4v) is 8.59. The SMILES string of the molecule is Nc1ccc(CCO)cc1.O=C1c2cccc(Br)c2C(=O)c2c(Br)cccc21.O=C1c2cccc(Nc3ccc(CCO)cc3)c2C(=O)c2c(Nc3ccc(CCO)cc3)cccc21. The van der Waals surface area contributed by atoms with Gasteiger partial charge in [0.2, 0.25) is 0 Å². The molecular formula is C52H43Br2N3O7. The van der Waals surface area contributed by atoms with Crippen LogP contribution < -0.4 is 16.4 Å². The number of anilines is 5. The number of aliphatic hydroxyl groups excluding tert-OH is 3. The summed E-state index contributed by atoms with van der Waals surface area (Å²) in [4.78, 5) is 52.2. The Labute approximate surface area is 387 Å². The Balaban J connectivity index is 0.000000179. The van der Waals surface area contributed by atoms with Gasteiger partial charge in [-0.25, -0.2) is 0 Å². The lowest BCUT2D eigenvalue weighted by Gasteiger charge is -2.23. The van der Waals surface area contributed by atoms with E-state index in [2.05, 4.69) is 42.5 Å². The number of carbonyl (C=O) groups excluding carboxylic acids is 4. The Hall–Kier alpha value is -6.54. The average Bonchev–Trinajstić information content (AvgIpc) is 3.30. The smallest absolute Gasteiger partial charge is 0.198 e. The highest BCUT2D eigenvalue weighted by Gasteiger charge is 2.34. The van der Waals surface area contributed by atoms with Gasteiger partial charge in [-0.1, -0.05) is 117 Å². The molecule has 0 aliphatic heterocycles. The van der Waals surface area contributed by atoms with Crippen LogP contribution in [-0.4, -0.2) is 58.3 Å². The van der Waals surface area contributed by atoms with Crippen LogP contribution in [0.2, 0.25) is 0 Å². The van der Waals surface area contributed by atoms with Gasteiger partial charge in [0.1, 0.15) is 0 Å². The third-order valence-corrected chi connectivity index (χ3v) is 12.0. The Kier molecular flexibility index (Phi) is 14.8. The third-order valence-electron chi connectivity index (χ3n) is 10.7. The van der Waals surface area contributed by atoms with Crippen LogP contribution in [0.15, 0.2) is 155 Å². The molecular weight excluding hydrogens is 938 g/mol. The molecule has 0 amide bonds. The molecule has 2 aliphatic carbocycles. The summed E-state index contributed by atoms with van der Waals surface area (Å²) in [5.74, 6) is -0.648. The second kappa shape index (κ2) is 20.8. The summed E-state index contributed by atoms with van der Waals surface area (Å²) in [6.45, 7) is 0.361. The molecule has 0 unspecified atom stereocenters. The number of rotatable bonds is 10. The minimum atomic E-state index is -0.223. The van der Waals surface area contributed by atoms with Crippen molar-refractivity contribution in [3.05, 3.63) is 216 Å². The topological polar surface area (TPSA) is 179 Å². The molecule has 0 bridgehead atoms. The largest absolute Gasteiger partial charge is 0.399 e. The van der Waals surface area contributed by atoms with Gasteiger partial charge < -0.3 is 31.7 Å². The number of nitrogens with one attached hydrogen (secondary N) is 2. The molecule has 0 saturated heterocycles. The van der Waals surface area contributed by atoms with E-state index in [4.69, 9.17) is 21.1 Å². The Morgan fingerprint density at radius 1 is 0.391 bits per heavy atom. The van der Waals surface area contributed by atoms with Crippen LogP contribution in [0, 0.1) is 0 Å². The van der Waals surface area contributed by atoms with Crippen LogP contribution in [0.3, 0.4) is 0 Å². The molecule has 0 fully saturated rings. The first-order chi connectivity index (χ1) is 31.0. The molecule has 0 heterocycles. The van der Waals surface area contributed by atoms with Crippen molar-refractivity contribution in [2.75, 3.05) is 36.2 Å². The highest BCUT2D eigenvalue weighted by atomic mass is 79.9. The lowest BCUT2D eigenvalue weighted by molar-refractivity contribution is 0.0978. The molecule has 0 spiro atoms. The van der Waals surface area contributed by atoms with Crippen molar-refractivity contribution < 1.29 is 34.5 Å². The fraction of sp³-hybridized carbons (Fsp3) is 0.115. The zero-order valence-electron chi connectivity index (χ0n) is 34.4. The van der Waals surface area contributed by atoms with Crippen molar-refractivity contribution in [2.45, 2.75) is 19.3 Å². The number of nitrogen functional groups attached to an aromatic ring is 1. The molecule has 0 aromatic heterocycles. The van der Waals surface area contributed by atoms with Gasteiger partial charge in [0.25, 0.3) is 0 Å². The second-order valence-electron chi connectivity index (χ2n) is 14.9. The van der Waals surface area contributed by atoms with E-state index < -0.39 is 0 Å². The number of hydrogen-bond acceptors (Lipinski definition) is 10. The summed E-state index contributed by atoms with van der Waals surface area (Å²) in [6.07, 6.45) is 1.86. The monoisotopic (exact) mass is 979 g/mol. The lowest BCUT2D eigenvalue weighted by Crippen LogP contribution is -2.23. The highest BCUT2D eigenvalue weighted by molar-refractivity contribution is 9.11. The van der Waals surface area contributed by atoms with Crippen molar-refractivity contribution in [1.82, 2.24) is 0 Å². The Morgan fingerprint density at radius 2 is 0.703 bits per heavy atom. The number of hydrogen-bond donors (Lipinski definition) is 6. The summed E-state index contributed by atoms with van der Waals surface area (Å²) in [5.41, 5.74) is 15.3. The van der Waals surface area contributed by atoms with Gasteiger partial charge in [-0.15, -0.1) is 0 Å². The van der Waals surface area contributed by atoms with Crippen LogP contribution in [0.1, 0.15) is 80.4 Å². The summed E-state index contributed by atoms with van der Waals surface area (Å²) < 4.78 is 1.31. The molecule has 0 radical (unpaired) electrons. The maximum Gasteiger partial charge on any atom is 0.198 e. The number of carbonyl (C=O) groups is 4. The van der Waals surface area contributed by atoms with Crippen molar-refractivity contribution in [2.24, 2.45) is 0 Å². The quantitative estimate of drug-likeness (QED) is 0.0723. The molecule has 0 saturated carbocycles. The molecule has 2 aliphatic rings. The van der Waals surface area contributed by atoms with E-state index in [1.807, 2.05) is 72.8 Å². The van der Waals surface area contributed by atoms with E-state index in [0.29, 0.717) is 84.1 Å². The molecule has 7 N–H and O–H groups in total. The van der Waals surface area contributed by atoms with E-state index in [1.165, 1.54) is 0 Å². The lowest BCUT2D eigenvalue weighted by atomic mass is 9.82. The molecule has 9 rings (SSSR count). The average molecular weight is 982 g/mol. The predicted octanol–water partition coefficient (Wildman–Crippen LogP) is 9.81. The van der Waals surface area contributed by atoms with Gasteiger partial charge in [0, 0.05) is 79.2 Å². The molecule has 64 heavy (non-hydrogen) atoms. The van der Waals surface area contributed by atoms with E-state index in [1.54, 1.807) is 72.8 Å². The van der Waals surface area contributed by atoms with Gasteiger partial charge in [-0.3, -0.25) is 19.2 Å². The van der Waals surface area contributed by atoms with Gasteiger partial charge in [-0.05, 0) is 96.6 Å². The summed E-state index contributed by atoms with van der Waals surface area (Å²) in [7, 11) is 0. The third kappa shape index (κ3) is 9.97. The van der Waals surface area contributed by atoms with Crippen LogP contribution in [-0.2, 0) is 19.3 Å². The molecule has 7 aromatic carbocycles. The van der Waals surface area contributed by atoms with Gasteiger partial charge >= 0.3 is 0 Å². The Morgan fingerprint density at radius 3 is 1.06 bits per heavy atom. The first kappa shape index (κ1) is 45.5. The summed E-state index contributed by atoms with van der Waals surface area (Å²) >= 11 is 6.68.